The third-order valence-corrected chi connectivity index (χ3v) is 6.00. The van der Waals surface area contributed by atoms with Gasteiger partial charge < -0.3 is 9.88 Å². The molecule has 1 amide bonds. The Balaban J connectivity index is 1.69. The zero-order chi connectivity index (χ0) is 16.9. The third kappa shape index (κ3) is 4.76. The van der Waals surface area contributed by atoms with Gasteiger partial charge in [-0.3, -0.25) is 4.79 Å². The molecule has 23 heavy (non-hydrogen) atoms. The van der Waals surface area contributed by atoms with Gasteiger partial charge in [0.05, 0.1) is 6.33 Å². The summed E-state index contributed by atoms with van der Waals surface area (Å²) in [4.78, 5) is 16.1. The van der Waals surface area contributed by atoms with E-state index in [2.05, 4.69) is 10.3 Å². The molecule has 8 nitrogen and oxygen atoms in total. The predicted octanol–water partition coefficient (Wildman–Crippen LogP) is -0.0922. The number of carbonyl (C=O) groups excluding carboxylic acids is 1. The topological polar surface area (TPSA) is 87.5 Å². The van der Waals surface area contributed by atoms with Crippen LogP contribution in [0.2, 0.25) is 0 Å². The molecule has 0 bridgehead atoms. The van der Waals surface area contributed by atoms with Crippen molar-refractivity contribution in [2.45, 2.75) is 25.8 Å². The van der Waals surface area contributed by atoms with Gasteiger partial charge >= 0.3 is 0 Å². The normalized spacial score (nSPS) is 17.5. The average molecular weight is 343 g/mol. The molecule has 0 unspecified atom stereocenters. The second-order valence-corrected chi connectivity index (χ2v) is 8.05. The lowest BCUT2D eigenvalue weighted by Crippen LogP contribution is -2.46. The SMILES string of the molecule is CN(C)S(=O)(=O)N1CCC(C(=O)NCCCn2ccnc2)CC1. The number of nitrogens with zero attached hydrogens (tertiary/aromatic N) is 4. The lowest BCUT2D eigenvalue weighted by molar-refractivity contribution is -0.126. The Morgan fingerprint density at radius 1 is 1.35 bits per heavy atom. The first kappa shape index (κ1) is 17.9. The van der Waals surface area contributed by atoms with Gasteiger partial charge in [-0.25, -0.2) is 4.98 Å². The predicted molar refractivity (Wildman–Crippen MR) is 86.8 cm³/mol. The van der Waals surface area contributed by atoms with Crippen LogP contribution in [0, 0.1) is 5.92 Å². The van der Waals surface area contributed by atoms with E-state index in [1.54, 1.807) is 12.5 Å². The van der Waals surface area contributed by atoms with E-state index < -0.39 is 10.2 Å². The number of carbonyl (C=O) groups is 1. The summed E-state index contributed by atoms with van der Waals surface area (Å²) in [6, 6.07) is 0. The number of amides is 1. The highest BCUT2D eigenvalue weighted by Crippen LogP contribution is 2.20. The van der Waals surface area contributed by atoms with E-state index in [9.17, 15) is 13.2 Å². The van der Waals surface area contributed by atoms with Crippen LogP contribution in [0.3, 0.4) is 0 Å². The van der Waals surface area contributed by atoms with Gasteiger partial charge in [0.2, 0.25) is 5.91 Å². The Kier molecular flexibility index (Phi) is 6.14. The fourth-order valence-electron chi connectivity index (χ4n) is 2.62. The van der Waals surface area contributed by atoms with Crippen LogP contribution in [0.25, 0.3) is 0 Å². The van der Waals surface area contributed by atoms with Gasteiger partial charge in [-0.1, -0.05) is 0 Å². The van der Waals surface area contributed by atoms with Crippen molar-refractivity contribution in [3.63, 3.8) is 0 Å². The molecular formula is C14H25N5O3S. The minimum atomic E-state index is -3.37. The molecule has 1 aliphatic heterocycles. The molecule has 2 rings (SSSR count). The molecule has 1 N–H and O–H groups in total. The van der Waals surface area contributed by atoms with Crippen LogP contribution in [0.4, 0.5) is 0 Å². The van der Waals surface area contributed by atoms with Gasteiger partial charge in [0.25, 0.3) is 10.2 Å². The number of nitrogens with one attached hydrogen (secondary N) is 1. The summed E-state index contributed by atoms with van der Waals surface area (Å²) in [5.74, 6) is -0.0746. The van der Waals surface area contributed by atoms with Crippen molar-refractivity contribution in [3.05, 3.63) is 18.7 Å². The number of hydrogen-bond donors (Lipinski definition) is 1. The van der Waals surface area contributed by atoms with Gasteiger partial charge in [-0.05, 0) is 19.3 Å². The first-order valence-corrected chi connectivity index (χ1v) is 9.22. The van der Waals surface area contributed by atoms with Gasteiger partial charge in [-0.2, -0.15) is 17.0 Å². The van der Waals surface area contributed by atoms with E-state index >= 15 is 0 Å². The molecule has 1 aliphatic rings. The van der Waals surface area contributed by atoms with E-state index in [1.807, 2.05) is 10.8 Å². The first-order valence-electron chi connectivity index (χ1n) is 7.82. The molecule has 9 heteroatoms. The highest BCUT2D eigenvalue weighted by molar-refractivity contribution is 7.86. The number of piperidine rings is 1. The van der Waals surface area contributed by atoms with Gasteiger partial charge in [0.15, 0.2) is 0 Å². The summed E-state index contributed by atoms with van der Waals surface area (Å²) in [7, 11) is -0.324. The molecule has 1 saturated heterocycles. The number of hydrogen-bond acceptors (Lipinski definition) is 4. The Morgan fingerprint density at radius 2 is 2.04 bits per heavy atom. The lowest BCUT2D eigenvalue weighted by atomic mass is 9.97. The number of aromatic nitrogens is 2. The molecule has 0 aliphatic carbocycles. The second kappa shape index (κ2) is 7.89. The summed E-state index contributed by atoms with van der Waals surface area (Å²) < 4.78 is 28.7. The molecule has 1 fully saturated rings. The highest BCUT2D eigenvalue weighted by atomic mass is 32.2. The summed E-state index contributed by atoms with van der Waals surface area (Å²) in [5, 5.41) is 2.94. The average Bonchev–Trinajstić information content (AvgIpc) is 3.04. The quantitative estimate of drug-likeness (QED) is 0.701. The molecule has 0 spiro atoms. The van der Waals surface area contributed by atoms with Crippen molar-refractivity contribution in [2.75, 3.05) is 33.7 Å². The van der Waals surface area contributed by atoms with Crippen LogP contribution in [0.15, 0.2) is 18.7 Å². The van der Waals surface area contributed by atoms with Crippen molar-refractivity contribution < 1.29 is 13.2 Å². The smallest absolute Gasteiger partial charge is 0.281 e. The molecule has 0 atom stereocenters. The lowest BCUT2D eigenvalue weighted by Gasteiger charge is -2.32. The second-order valence-electron chi connectivity index (χ2n) is 5.91. The minimum absolute atomic E-state index is 0.0255. The van der Waals surface area contributed by atoms with Crippen LogP contribution in [0.5, 0.6) is 0 Å². The Bertz CT molecular complexity index is 592. The van der Waals surface area contributed by atoms with Crippen molar-refractivity contribution in [3.8, 4) is 0 Å². The van der Waals surface area contributed by atoms with Crippen LogP contribution in [-0.4, -0.2) is 66.2 Å². The summed E-state index contributed by atoms with van der Waals surface area (Å²) in [6.45, 7) is 2.23. The monoisotopic (exact) mass is 343 g/mol. The maximum Gasteiger partial charge on any atom is 0.281 e. The zero-order valence-electron chi connectivity index (χ0n) is 13.7. The van der Waals surface area contributed by atoms with Crippen LogP contribution < -0.4 is 5.32 Å². The minimum Gasteiger partial charge on any atom is -0.356 e. The van der Waals surface area contributed by atoms with Gasteiger partial charge in [0, 0.05) is 58.6 Å². The molecule has 2 heterocycles. The van der Waals surface area contributed by atoms with Gasteiger partial charge in [-0.15, -0.1) is 0 Å². The van der Waals surface area contributed by atoms with E-state index in [0.29, 0.717) is 32.5 Å². The standard InChI is InChI=1S/C14H25N5O3S/c1-17(2)23(21,22)19-9-4-13(5-10-19)14(20)16-6-3-8-18-11-7-15-12-18/h7,11-13H,3-6,8-10H2,1-2H3,(H,16,20). The van der Waals surface area contributed by atoms with Crippen LogP contribution >= 0.6 is 0 Å². The summed E-state index contributed by atoms with van der Waals surface area (Å²) >= 11 is 0. The van der Waals surface area contributed by atoms with Crippen molar-refractivity contribution in [2.24, 2.45) is 5.92 Å². The van der Waals surface area contributed by atoms with E-state index in [1.165, 1.54) is 22.7 Å². The zero-order valence-corrected chi connectivity index (χ0v) is 14.5. The summed E-state index contributed by atoms with van der Waals surface area (Å²) in [6.07, 6.45) is 7.36. The molecular weight excluding hydrogens is 318 g/mol. The van der Waals surface area contributed by atoms with Crippen molar-refractivity contribution in [1.29, 1.82) is 0 Å². The number of rotatable bonds is 7. The first-order chi connectivity index (χ1) is 10.9. The number of aryl methyl sites for hydroxylation is 1. The molecule has 0 radical (unpaired) electrons. The Labute approximate surface area is 137 Å². The fraction of sp³-hybridized carbons (Fsp3) is 0.714. The molecule has 0 saturated carbocycles. The van der Waals surface area contributed by atoms with Gasteiger partial charge in [0.1, 0.15) is 0 Å². The Morgan fingerprint density at radius 3 is 2.61 bits per heavy atom. The van der Waals surface area contributed by atoms with E-state index in [4.69, 9.17) is 0 Å². The molecule has 130 valence electrons. The third-order valence-electron chi connectivity index (χ3n) is 4.06. The van der Waals surface area contributed by atoms with Crippen LogP contribution in [-0.2, 0) is 21.5 Å². The number of imidazole rings is 1. The molecule has 1 aromatic rings. The maximum atomic E-state index is 12.1. The fourth-order valence-corrected chi connectivity index (χ4v) is 3.75. The molecule has 1 aromatic heterocycles. The summed E-state index contributed by atoms with van der Waals surface area (Å²) in [5.41, 5.74) is 0. The van der Waals surface area contributed by atoms with Crippen LogP contribution in [0.1, 0.15) is 19.3 Å². The maximum absolute atomic E-state index is 12.1. The van der Waals surface area contributed by atoms with Crippen molar-refractivity contribution in [1.82, 2.24) is 23.5 Å². The largest absolute Gasteiger partial charge is 0.356 e. The highest BCUT2D eigenvalue weighted by Gasteiger charge is 2.31. The van der Waals surface area contributed by atoms with Crippen molar-refractivity contribution >= 4 is 16.1 Å². The van der Waals surface area contributed by atoms with E-state index in [-0.39, 0.29) is 11.8 Å². The molecule has 0 aromatic carbocycles. The Hall–Kier alpha value is -1.45. The van der Waals surface area contributed by atoms with E-state index in [0.717, 1.165) is 13.0 Å².